The number of hydrogen-bond acceptors (Lipinski definition) is 12. The van der Waals surface area contributed by atoms with E-state index in [9.17, 15) is 18.9 Å². The van der Waals surface area contributed by atoms with Crippen LogP contribution in [0.15, 0.2) is 60.8 Å². The van der Waals surface area contributed by atoms with Gasteiger partial charge in [0.25, 0.3) is 5.91 Å². The summed E-state index contributed by atoms with van der Waals surface area (Å²) in [4.78, 5) is 53.2. The zero-order chi connectivity index (χ0) is 44.3. The van der Waals surface area contributed by atoms with Crippen molar-refractivity contribution in [3.63, 3.8) is 0 Å². The van der Waals surface area contributed by atoms with Crippen LogP contribution in [0, 0.1) is 5.41 Å². The number of nitrogens with zero attached hydrogens (tertiary/aromatic N) is 5. The number of ether oxygens (including phenoxy) is 2. The molecule has 3 aromatic carbocycles. The third kappa shape index (κ3) is 9.83. The fourth-order valence-electron chi connectivity index (χ4n) is 9.55. The predicted molar refractivity (Wildman–Crippen MR) is 248 cm³/mol. The monoisotopic (exact) mass is 896 g/mol. The van der Waals surface area contributed by atoms with E-state index in [1.165, 1.54) is 24.1 Å². The molecule has 3 N–H and O–H groups in total. The minimum absolute atomic E-state index is 0.186. The van der Waals surface area contributed by atoms with Crippen LogP contribution >= 0.6 is 18.7 Å². The Bertz CT molecular complexity index is 2410. The Labute approximate surface area is 374 Å². The van der Waals surface area contributed by atoms with Crippen molar-refractivity contribution in [3.05, 3.63) is 82.5 Å². The summed E-state index contributed by atoms with van der Waals surface area (Å²) in [6.07, 6.45) is 9.65. The van der Waals surface area contributed by atoms with Crippen molar-refractivity contribution >= 4 is 70.6 Å². The maximum Gasteiger partial charge on any atom is 0.255 e. The number of hydrogen-bond donors (Lipinski definition) is 3. The minimum Gasteiger partial charge on any atom is -0.494 e. The van der Waals surface area contributed by atoms with Gasteiger partial charge in [-0.1, -0.05) is 36.7 Å². The second-order valence-corrected chi connectivity index (χ2v) is 21.2. The van der Waals surface area contributed by atoms with E-state index in [1.54, 1.807) is 37.6 Å². The number of halogens is 1. The third-order valence-electron chi connectivity index (χ3n) is 13.3. The number of benzene rings is 3. The van der Waals surface area contributed by atoms with Crippen molar-refractivity contribution in [3.8, 4) is 11.5 Å². The molecule has 0 radical (unpaired) electrons. The van der Waals surface area contributed by atoms with Crippen LogP contribution < -0.4 is 35.6 Å². The number of methoxy groups -OCH3 is 1. The van der Waals surface area contributed by atoms with Gasteiger partial charge in [0.2, 0.25) is 17.8 Å². The molecular weight excluding hydrogens is 839 g/mol. The van der Waals surface area contributed by atoms with Crippen molar-refractivity contribution in [2.75, 3.05) is 75.3 Å². The van der Waals surface area contributed by atoms with Crippen LogP contribution in [0.4, 0.5) is 28.8 Å². The van der Waals surface area contributed by atoms with Crippen molar-refractivity contribution in [1.82, 2.24) is 25.1 Å². The smallest absolute Gasteiger partial charge is 0.255 e. The number of imide groups is 1. The fraction of sp³-hybridized carbons (Fsp3) is 0.468. The van der Waals surface area contributed by atoms with E-state index in [-0.39, 0.29) is 18.2 Å². The number of carbonyl (C=O) groups is 3. The first kappa shape index (κ1) is 44.4. The number of aryl methyl sites for hydroxylation is 1. The molecule has 0 saturated carbocycles. The van der Waals surface area contributed by atoms with E-state index in [4.69, 9.17) is 26.1 Å². The van der Waals surface area contributed by atoms with Crippen LogP contribution in [-0.4, -0.2) is 103 Å². The van der Waals surface area contributed by atoms with E-state index in [0.717, 1.165) is 81.4 Å². The van der Waals surface area contributed by atoms with E-state index in [1.807, 2.05) is 36.4 Å². The number of para-hydroxylation sites is 1. The fourth-order valence-corrected chi connectivity index (χ4v) is 10.8. The molecule has 3 saturated heterocycles. The number of aromatic nitrogens is 2. The molecule has 3 amide bonds. The molecule has 3 fully saturated rings. The lowest BCUT2D eigenvalue weighted by molar-refractivity contribution is -0.136. The lowest BCUT2D eigenvalue weighted by Crippen LogP contribution is -2.52. The average molecular weight is 897 g/mol. The molecule has 1 aromatic heterocycles. The highest BCUT2D eigenvalue weighted by atomic mass is 35.5. The highest BCUT2D eigenvalue weighted by Gasteiger charge is 2.41. The molecule has 5 heterocycles. The number of rotatable bonds is 15. The molecule has 1 unspecified atom stereocenters. The van der Waals surface area contributed by atoms with Gasteiger partial charge in [0, 0.05) is 47.7 Å². The predicted octanol–water partition coefficient (Wildman–Crippen LogP) is 7.74. The topological polar surface area (TPSA) is 158 Å². The lowest BCUT2D eigenvalue weighted by atomic mass is 9.71. The number of unbranched alkanes of at least 4 members (excludes halogenated alkanes) is 1. The molecule has 4 aliphatic rings. The van der Waals surface area contributed by atoms with Gasteiger partial charge < -0.3 is 39.4 Å². The first-order valence-corrected chi connectivity index (χ1v) is 25.1. The molecule has 334 valence electrons. The van der Waals surface area contributed by atoms with Gasteiger partial charge in [0.1, 0.15) is 29.7 Å². The molecular formula is C47H58ClN8O6P. The quantitative estimate of drug-likeness (QED) is 0.0607. The van der Waals surface area contributed by atoms with E-state index in [2.05, 4.69) is 49.8 Å². The molecule has 14 nitrogen and oxygen atoms in total. The van der Waals surface area contributed by atoms with Gasteiger partial charge in [0.15, 0.2) is 5.82 Å². The summed E-state index contributed by atoms with van der Waals surface area (Å²) in [5, 5.41) is 10.1. The summed E-state index contributed by atoms with van der Waals surface area (Å²) in [6.45, 7) is 11.8. The van der Waals surface area contributed by atoms with Crippen LogP contribution in [0.2, 0.25) is 5.02 Å². The Hall–Kier alpha value is -5.17. The summed E-state index contributed by atoms with van der Waals surface area (Å²) in [5.74, 6) is 1.29. The van der Waals surface area contributed by atoms with Crippen LogP contribution in [0.1, 0.15) is 79.8 Å². The second kappa shape index (κ2) is 18.9. The van der Waals surface area contributed by atoms with Crippen LogP contribution in [-0.2, 0) is 27.1 Å². The van der Waals surface area contributed by atoms with Crippen molar-refractivity contribution in [2.45, 2.75) is 77.3 Å². The SMILES string of the molecule is CCc1cc(Nc2ncc(Cl)c(Nc3ccccc3P(C)(C)=O)n2)c(OC)cc1N1CCC2(CCN(CCCCOc3cccc4c3CN(C3CCC(=O)NC3=O)C4=O)CC2)CC1. The average Bonchev–Trinajstić information content (AvgIpc) is 3.61. The van der Waals surface area contributed by atoms with Gasteiger partial charge >= 0.3 is 0 Å². The van der Waals surface area contributed by atoms with E-state index >= 15 is 0 Å². The van der Waals surface area contributed by atoms with Crippen LogP contribution in [0.25, 0.3) is 0 Å². The molecule has 0 bridgehead atoms. The normalized spacial score (nSPS) is 18.9. The van der Waals surface area contributed by atoms with Crippen molar-refractivity contribution in [2.24, 2.45) is 5.41 Å². The summed E-state index contributed by atoms with van der Waals surface area (Å²) in [7, 11) is -0.875. The van der Waals surface area contributed by atoms with Gasteiger partial charge in [-0.3, -0.25) is 19.7 Å². The zero-order valence-corrected chi connectivity index (χ0v) is 38.3. The number of piperidine rings is 3. The zero-order valence-electron chi connectivity index (χ0n) is 36.7. The standard InChI is InChI=1S/C47H58ClN8O6P/c1-5-31-27-36(51-46-49-29-34(48)43(53-46)50-35-12-6-7-14-41(35)63(3,4)60)40(61-2)28-38(31)55-24-19-47(20-25-55)17-22-54(23-18-47)21-8-9-26-62-39-13-10-11-32-33(39)30-56(45(32)59)37-15-16-42(57)52-44(37)58/h6-7,10-14,27-29,37H,5,8-9,15-26,30H2,1-4H3,(H,52,57,58)(H2,49,50,51,53). The Morgan fingerprint density at radius 1 is 0.937 bits per heavy atom. The van der Waals surface area contributed by atoms with Gasteiger partial charge in [0.05, 0.1) is 37.8 Å². The molecule has 63 heavy (non-hydrogen) atoms. The number of fused-ring (bicyclic) bond motifs is 1. The minimum atomic E-state index is -2.56. The van der Waals surface area contributed by atoms with Crippen molar-refractivity contribution in [1.29, 1.82) is 0 Å². The highest BCUT2D eigenvalue weighted by Crippen LogP contribution is 2.45. The largest absolute Gasteiger partial charge is 0.494 e. The number of anilines is 5. The number of amides is 3. The van der Waals surface area contributed by atoms with Gasteiger partial charge in [-0.25, -0.2) is 4.98 Å². The van der Waals surface area contributed by atoms with Gasteiger partial charge in [-0.05, 0) is 126 Å². The molecule has 0 aliphatic carbocycles. The summed E-state index contributed by atoms with van der Waals surface area (Å²) < 4.78 is 25.1. The molecule has 4 aromatic rings. The van der Waals surface area contributed by atoms with Crippen LogP contribution in [0.5, 0.6) is 11.5 Å². The number of nitrogens with one attached hydrogen (secondary N) is 3. The molecule has 8 rings (SSSR count). The highest BCUT2D eigenvalue weighted by molar-refractivity contribution is 7.70. The first-order chi connectivity index (χ1) is 30.3. The second-order valence-electron chi connectivity index (χ2n) is 17.6. The molecule has 1 atom stereocenters. The maximum absolute atomic E-state index is 13.2. The summed E-state index contributed by atoms with van der Waals surface area (Å²) in [6, 6.07) is 16.6. The molecule has 1 spiro atoms. The Morgan fingerprint density at radius 2 is 1.70 bits per heavy atom. The Morgan fingerprint density at radius 3 is 2.43 bits per heavy atom. The Kier molecular flexibility index (Phi) is 13.3. The van der Waals surface area contributed by atoms with E-state index in [0.29, 0.717) is 64.5 Å². The summed E-state index contributed by atoms with van der Waals surface area (Å²) >= 11 is 6.54. The maximum atomic E-state index is 13.2. The van der Waals surface area contributed by atoms with E-state index < -0.39 is 19.1 Å². The molecule has 16 heteroatoms. The van der Waals surface area contributed by atoms with Crippen molar-refractivity contribution < 1.29 is 28.4 Å². The Balaban J connectivity index is 0.809. The van der Waals surface area contributed by atoms with Gasteiger partial charge in [-0.2, -0.15) is 4.98 Å². The first-order valence-electron chi connectivity index (χ1n) is 22.1. The van der Waals surface area contributed by atoms with Crippen LogP contribution in [0.3, 0.4) is 0 Å². The van der Waals surface area contributed by atoms with Gasteiger partial charge in [-0.15, -0.1) is 0 Å². The number of carbonyl (C=O) groups excluding carboxylic acids is 3. The summed E-state index contributed by atoms with van der Waals surface area (Å²) in [5.41, 5.74) is 5.63. The molecule has 4 aliphatic heterocycles. The third-order valence-corrected chi connectivity index (χ3v) is 15.1. The number of likely N-dealkylation sites (tertiary alicyclic amines) is 1. The lowest BCUT2D eigenvalue weighted by Gasteiger charge is -2.47.